The predicted molar refractivity (Wildman–Crippen MR) is 101 cm³/mol. The first-order valence-corrected chi connectivity index (χ1v) is 9.31. The van der Waals surface area contributed by atoms with E-state index in [-0.39, 0.29) is 18.1 Å². The predicted octanol–water partition coefficient (Wildman–Crippen LogP) is 2.50. The number of rotatable bonds is 8. The minimum absolute atomic E-state index is 0.182. The van der Waals surface area contributed by atoms with Gasteiger partial charge in [-0.2, -0.15) is 0 Å². The highest BCUT2D eigenvalue weighted by Crippen LogP contribution is 2.19. The second-order valence-corrected chi connectivity index (χ2v) is 6.47. The van der Waals surface area contributed by atoms with Crippen molar-refractivity contribution in [2.75, 3.05) is 17.4 Å². The highest BCUT2D eigenvalue weighted by atomic mass is 32.2. The molecule has 0 fully saturated rings. The second kappa shape index (κ2) is 9.06. The van der Waals surface area contributed by atoms with E-state index in [1.807, 2.05) is 30.3 Å². The first-order valence-electron chi connectivity index (χ1n) is 8.25. The van der Waals surface area contributed by atoms with Crippen LogP contribution in [0.15, 0.2) is 65.3 Å². The molecule has 0 aliphatic rings. The molecular weight excluding hydrogens is 368 g/mol. The van der Waals surface area contributed by atoms with Gasteiger partial charge < -0.3 is 9.84 Å². The van der Waals surface area contributed by atoms with E-state index in [4.69, 9.17) is 4.52 Å². The molecule has 1 unspecified atom stereocenters. The fourth-order valence-corrected chi connectivity index (χ4v) is 2.96. The van der Waals surface area contributed by atoms with Crippen molar-refractivity contribution in [3.63, 3.8) is 0 Å². The van der Waals surface area contributed by atoms with Crippen LogP contribution in [0.25, 0.3) is 11.3 Å². The van der Waals surface area contributed by atoms with E-state index in [0.717, 1.165) is 5.56 Å². The van der Waals surface area contributed by atoms with Gasteiger partial charge in [-0.1, -0.05) is 41.6 Å². The van der Waals surface area contributed by atoms with Gasteiger partial charge in [0.05, 0.1) is 0 Å². The standard InChI is InChI=1S/C18H18N4O4S/c23-18(15-13-16(26-21-15)14-7-2-1-3-8-14)20-11-6-12-22(27(24)25)17-9-4-5-10-19-17/h1-5,7-10,13H,6,11-12H2,(H,20,23)(H,24,25). The van der Waals surface area contributed by atoms with Gasteiger partial charge in [-0.05, 0) is 18.6 Å². The number of carbonyl (C=O) groups is 1. The molecule has 1 amide bonds. The fourth-order valence-electron chi connectivity index (χ4n) is 2.41. The van der Waals surface area contributed by atoms with Crippen molar-refractivity contribution in [3.05, 3.63) is 66.5 Å². The molecule has 27 heavy (non-hydrogen) atoms. The average molecular weight is 386 g/mol. The largest absolute Gasteiger partial charge is 0.355 e. The minimum atomic E-state index is -2.19. The van der Waals surface area contributed by atoms with Crippen LogP contribution in [0.3, 0.4) is 0 Å². The number of pyridine rings is 1. The third-order valence-corrected chi connectivity index (χ3v) is 4.46. The maximum Gasteiger partial charge on any atom is 0.273 e. The molecule has 8 nitrogen and oxygen atoms in total. The van der Waals surface area contributed by atoms with E-state index in [9.17, 15) is 13.6 Å². The Bertz CT molecular complexity index is 902. The van der Waals surface area contributed by atoms with Gasteiger partial charge in [-0.3, -0.25) is 13.7 Å². The van der Waals surface area contributed by atoms with Gasteiger partial charge in [0.25, 0.3) is 17.2 Å². The summed E-state index contributed by atoms with van der Waals surface area (Å²) in [7, 11) is 0. The van der Waals surface area contributed by atoms with Crippen molar-refractivity contribution in [2.24, 2.45) is 0 Å². The summed E-state index contributed by atoms with van der Waals surface area (Å²) in [5.74, 6) is 0.543. The molecule has 9 heteroatoms. The molecule has 0 saturated heterocycles. The Morgan fingerprint density at radius 1 is 1.19 bits per heavy atom. The number of anilines is 1. The summed E-state index contributed by atoms with van der Waals surface area (Å²) >= 11 is -2.19. The summed E-state index contributed by atoms with van der Waals surface area (Å²) < 4.78 is 27.3. The van der Waals surface area contributed by atoms with Crippen LogP contribution in [0.2, 0.25) is 0 Å². The third kappa shape index (κ3) is 4.99. The molecule has 0 saturated carbocycles. The number of carbonyl (C=O) groups excluding carboxylic acids is 1. The SMILES string of the molecule is O=C(NCCCN(c1ccccn1)S(=O)O)c1cc(-c2ccccc2)on1. The van der Waals surface area contributed by atoms with Gasteiger partial charge in [0.15, 0.2) is 11.5 Å². The van der Waals surface area contributed by atoms with Gasteiger partial charge >= 0.3 is 0 Å². The number of nitrogens with one attached hydrogen (secondary N) is 1. The maximum absolute atomic E-state index is 12.2. The number of nitrogens with zero attached hydrogens (tertiary/aromatic N) is 3. The molecule has 0 aliphatic heterocycles. The Hall–Kier alpha value is -3.04. The van der Waals surface area contributed by atoms with Crippen LogP contribution in [-0.4, -0.2) is 37.9 Å². The summed E-state index contributed by atoms with van der Waals surface area (Å²) in [5, 5.41) is 6.51. The molecule has 0 bridgehead atoms. The lowest BCUT2D eigenvalue weighted by molar-refractivity contribution is 0.0944. The first-order chi connectivity index (χ1) is 13.1. The van der Waals surface area contributed by atoms with Crippen LogP contribution >= 0.6 is 0 Å². The van der Waals surface area contributed by atoms with Gasteiger partial charge in [0.2, 0.25) is 0 Å². The van der Waals surface area contributed by atoms with Gasteiger partial charge in [-0.15, -0.1) is 0 Å². The van der Waals surface area contributed by atoms with Gasteiger partial charge in [0.1, 0.15) is 5.82 Å². The van der Waals surface area contributed by atoms with E-state index < -0.39 is 11.3 Å². The molecule has 3 aromatic rings. The van der Waals surface area contributed by atoms with Crippen molar-refractivity contribution < 1.29 is 18.1 Å². The molecular formula is C18H18N4O4S. The van der Waals surface area contributed by atoms with Crippen molar-refractivity contribution in [2.45, 2.75) is 6.42 Å². The molecule has 0 aliphatic carbocycles. The number of benzene rings is 1. The number of aromatic nitrogens is 2. The lowest BCUT2D eigenvalue weighted by Gasteiger charge is -2.18. The maximum atomic E-state index is 12.2. The Labute approximate surface area is 158 Å². The normalized spacial score (nSPS) is 11.7. The van der Waals surface area contributed by atoms with E-state index >= 15 is 0 Å². The average Bonchev–Trinajstić information content (AvgIpc) is 3.19. The van der Waals surface area contributed by atoms with Gasteiger partial charge in [-0.25, -0.2) is 9.19 Å². The quantitative estimate of drug-likeness (QED) is 0.455. The fraction of sp³-hybridized carbons (Fsp3) is 0.167. The van der Waals surface area contributed by atoms with Crippen LogP contribution in [0.1, 0.15) is 16.9 Å². The Kier molecular flexibility index (Phi) is 6.29. The summed E-state index contributed by atoms with van der Waals surface area (Å²) in [6.07, 6.45) is 2.00. The lowest BCUT2D eigenvalue weighted by Crippen LogP contribution is -2.31. The van der Waals surface area contributed by atoms with E-state index in [1.54, 1.807) is 30.5 Å². The highest BCUT2D eigenvalue weighted by Gasteiger charge is 2.15. The molecule has 1 atom stereocenters. The summed E-state index contributed by atoms with van der Waals surface area (Å²) in [6.45, 7) is 0.571. The van der Waals surface area contributed by atoms with E-state index in [2.05, 4.69) is 15.5 Å². The highest BCUT2D eigenvalue weighted by molar-refractivity contribution is 7.80. The first kappa shape index (κ1) is 18.7. The van der Waals surface area contributed by atoms with Gasteiger partial charge in [0, 0.05) is 30.9 Å². The zero-order valence-corrected chi connectivity index (χ0v) is 15.1. The van der Waals surface area contributed by atoms with Crippen molar-refractivity contribution in [1.29, 1.82) is 0 Å². The molecule has 2 N–H and O–H groups in total. The van der Waals surface area contributed by atoms with Crippen LogP contribution in [0.4, 0.5) is 5.82 Å². The zero-order chi connectivity index (χ0) is 19.1. The monoisotopic (exact) mass is 386 g/mol. The molecule has 0 radical (unpaired) electrons. The number of amides is 1. The van der Waals surface area contributed by atoms with E-state index in [1.165, 1.54) is 4.31 Å². The lowest BCUT2D eigenvalue weighted by atomic mass is 10.1. The van der Waals surface area contributed by atoms with Crippen LogP contribution in [0, 0.1) is 0 Å². The van der Waals surface area contributed by atoms with Crippen LogP contribution in [0.5, 0.6) is 0 Å². The summed E-state index contributed by atoms with van der Waals surface area (Å²) in [4.78, 5) is 16.2. The molecule has 0 spiro atoms. The smallest absolute Gasteiger partial charge is 0.273 e. The molecule has 140 valence electrons. The summed E-state index contributed by atoms with van der Waals surface area (Å²) in [6, 6.07) is 16.0. The number of hydrogen-bond donors (Lipinski definition) is 2. The topological polar surface area (TPSA) is 109 Å². The molecule has 2 heterocycles. The van der Waals surface area contributed by atoms with Crippen molar-refractivity contribution in [1.82, 2.24) is 15.5 Å². The number of hydrogen-bond acceptors (Lipinski definition) is 5. The second-order valence-electron chi connectivity index (χ2n) is 5.57. The van der Waals surface area contributed by atoms with Crippen LogP contribution < -0.4 is 9.62 Å². The third-order valence-electron chi connectivity index (χ3n) is 3.72. The van der Waals surface area contributed by atoms with Crippen molar-refractivity contribution >= 4 is 23.0 Å². The molecule has 3 rings (SSSR count). The Morgan fingerprint density at radius 2 is 1.96 bits per heavy atom. The summed E-state index contributed by atoms with van der Waals surface area (Å²) in [5.41, 5.74) is 1.02. The Morgan fingerprint density at radius 3 is 2.67 bits per heavy atom. The zero-order valence-electron chi connectivity index (χ0n) is 14.3. The van der Waals surface area contributed by atoms with Crippen LogP contribution in [-0.2, 0) is 11.3 Å². The molecule has 2 aromatic heterocycles. The van der Waals surface area contributed by atoms with E-state index in [0.29, 0.717) is 24.5 Å². The Balaban J connectivity index is 1.51. The van der Waals surface area contributed by atoms with Crippen molar-refractivity contribution in [3.8, 4) is 11.3 Å². The minimum Gasteiger partial charge on any atom is -0.355 e. The molecule has 1 aromatic carbocycles.